The van der Waals surface area contributed by atoms with Crippen molar-refractivity contribution in [2.45, 2.75) is 38.8 Å². The molecule has 2 N–H and O–H groups in total. The Balaban J connectivity index is 2.26. The zero-order valence-corrected chi connectivity index (χ0v) is 15.5. The highest BCUT2D eigenvalue weighted by Crippen LogP contribution is 2.32. The van der Waals surface area contributed by atoms with Gasteiger partial charge in [-0.15, -0.1) is 0 Å². The minimum atomic E-state index is -4.83. The minimum Gasteiger partial charge on any atom is -0.366 e. The van der Waals surface area contributed by atoms with Crippen LogP contribution in [0.5, 0.6) is 0 Å². The van der Waals surface area contributed by atoms with E-state index in [1.807, 2.05) is 36.9 Å². The van der Waals surface area contributed by atoms with Crippen molar-refractivity contribution in [2.24, 2.45) is 0 Å². The molecule has 2 unspecified atom stereocenters. The molecule has 0 radical (unpaired) electrons. The van der Waals surface area contributed by atoms with Gasteiger partial charge in [-0.25, -0.2) is 8.37 Å². The van der Waals surface area contributed by atoms with Crippen LogP contribution in [0.1, 0.15) is 24.5 Å². The van der Waals surface area contributed by atoms with Crippen molar-refractivity contribution in [3.63, 3.8) is 0 Å². The first-order chi connectivity index (χ1) is 11.4. The molecule has 0 aliphatic carbocycles. The normalized spacial score (nSPS) is 19.5. The van der Waals surface area contributed by atoms with E-state index in [4.69, 9.17) is 9.11 Å². The van der Waals surface area contributed by atoms with Crippen LogP contribution in [0.25, 0.3) is 0 Å². The lowest BCUT2D eigenvalue weighted by molar-refractivity contribution is 0.116. The van der Waals surface area contributed by atoms with Crippen LogP contribution >= 0.6 is 0 Å². The van der Waals surface area contributed by atoms with Gasteiger partial charge in [0.05, 0.1) is 6.61 Å². The van der Waals surface area contributed by atoms with Crippen molar-refractivity contribution >= 4 is 26.5 Å². The van der Waals surface area contributed by atoms with Crippen LogP contribution in [0, 0.1) is 6.92 Å². The number of hydrogen-bond donors (Lipinski definition) is 2. The Morgan fingerprint density at radius 1 is 1.24 bits per heavy atom. The summed E-state index contributed by atoms with van der Waals surface area (Å²) in [6.45, 7) is 3.06. The Labute approximate surface area is 147 Å². The molecule has 142 valence electrons. The van der Waals surface area contributed by atoms with Crippen molar-refractivity contribution in [3.05, 3.63) is 29.3 Å². The van der Waals surface area contributed by atoms with Gasteiger partial charge in [0.25, 0.3) is 0 Å². The fourth-order valence-corrected chi connectivity index (χ4v) is 3.64. The number of anilines is 1. The van der Waals surface area contributed by atoms with E-state index < -0.39 is 33.5 Å². The molecule has 0 amide bonds. The van der Waals surface area contributed by atoms with Crippen molar-refractivity contribution < 1.29 is 34.3 Å². The lowest BCUT2D eigenvalue weighted by atomic mass is 9.95. The summed E-state index contributed by atoms with van der Waals surface area (Å²) in [5, 5.41) is 0. The molecular formula is C14H21NO8S2. The molecule has 0 saturated heterocycles. The highest BCUT2D eigenvalue weighted by Gasteiger charge is 2.29. The molecule has 25 heavy (non-hydrogen) atoms. The molecule has 1 aromatic carbocycles. The molecule has 1 aromatic rings. The van der Waals surface area contributed by atoms with Crippen LogP contribution in [-0.4, -0.2) is 51.2 Å². The third-order valence-corrected chi connectivity index (χ3v) is 4.92. The Kier molecular flexibility index (Phi) is 6.07. The Bertz CT molecular complexity index is 821. The maximum Gasteiger partial charge on any atom is 0.397 e. The first-order valence-electron chi connectivity index (χ1n) is 7.58. The highest BCUT2D eigenvalue weighted by molar-refractivity contribution is 7.81. The predicted octanol–water partition coefficient (Wildman–Crippen LogP) is 1.14. The fourth-order valence-electron chi connectivity index (χ4n) is 2.85. The molecule has 2 rings (SSSR count). The largest absolute Gasteiger partial charge is 0.397 e. The van der Waals surface area contributed by atoms with E-state index in [2.05, 4.69) is 8.37 Å². The average Bonchev–Trinajstić information content (AvgIpc) is 2.45. The van der Waals surface area contributed by atoms with Gasteiger partial charge in [-0.3, -0.25) is 9.11 Å². The molecule has 0 spiro atoms. The zero-order chi connectivity index (χ0) is 18.8. The Morgan fingerprint density at radius 3 is 2.52 bits per heavy atom. The summed E-state index contributed by atoms with van der Waals surface area (Å²) in [6.07, 6.45) is 0.345. The van der Waals surface area contributed by atoms with E-state index in [0.717, 1.165) is 29.7 Å². The van der Waals surface area contributed by atoms with Gasteiger partial charge in [0.1, 0.15) is 6.10 Å². The van der Waals surface area contributed by atoms with Gasteiger partial charge >= 0.3 is 20.8 Å². The SMILES string of the molecule is Cc1ccc2c(c1)N(CC(COS(=O)(=O)O)OS(=O)(=O)O)C(C)CC2. The lowest BCUT2D eigenvalue weighted by Crippen LogP contribution is -2.45. The van der Waals surface area contributed by atoms with Crippen molar-refractivity contribution in [1.29, 1.82) is 0 Å². The standard InChI is InChI=1S/C14H21NO8S2/c1-10-3-5-12-6-4-11(2)15(14(12)7-10)8-13(23-25(19,20)21)9-22-24(16,17)18/h3,5,7,11,13H,4,6,8-9H2,1-2H3,(H,16,17,18)(H,19,20,21). The number of rotatable bonds is 7. The second-order valence-electron chi connectivity index (χ2n) is 6.03. The summed E-state index contributed by atoms with van der Waals surface area (Å²) >= 11 is 0. The van der Waals surface area contributed by atoms with Crippen molar-refractivity contribution in [2.75, 3.05) is 18.1 Å². The number of hydrogen-bond acceptors (Lipinski definition) is 7. The van der Waals surface area contributed by atoms with Gasteiger partial charge in [-0.1, -0.05) is 12.1 Å². The molecule has 11 heteroatoms. The topological polar surface area (TPSA) is 130 Å². The molecule has 0 fully saturated rings. The highest BCUT2D eigenvalue weighted by atomic mass is 32.3. The van der Waals surface area contributed by atoms with Crippen LogP contribution in [0.3, 0.4) is 0 Å². The monoisotopic (exact) mass is 395 g/mol. The summed E-state index contributed by atoms with van der Waals surface area (Å²) in [4.78, 5) is 1.87. The van der Waals surface area contributed by atoms with Crippen LogP contribution in [0.15, 0.2) is 18.2 Å². The van der Waals surface area contributed by atoms with E-state index >= 15 is 0 Å². The van der Waals surface area contributed by atoms with E-state index in [-0.39, 0.29) is 12.6 Å². The molecule has 0 bridgehead atoms. The first-order valence-corrected chi connectivity index (χ1v) is 10.3. The van der Waals surface area contributed by atoms with E-state index in [9.17, 15) is 16.8 Å². The molecule has 1 heterocycles. The Hall–Kier alpha value is -1.24. The third-order valence-electron chi connectivity index (χ3n) is 3.97. The summed E-state index contributed by atoms with van der Waals surface area (Å²) in [7, 11) is -9.60. The molecule has 1 aliphatic heterocycles. The van der Waals surface area contributed by atoms with E-state index in [0.29, 0.717) is 0 Å². The molecule has 1 aliphatic rings. The smallest absolute Gasteiger partial charge is 0.366 e. The van der Waals surface area contributed by atoms with Crippen molar-refractivity contribution in [3.8, 4) is 0 Å². The Morgan fingerprint density at radius 2 is 1.92 bits per heavy atom. The van der Waals surface area contributed by atoms with Gasteiger partial charge in [0, 0.05) is 18.3 Å². The average molecular weight is 395 g/mol. The van der Waals surface area contributed by atoms with E-state index in [1.165, 1.54) is 0 Å². The van der Waals surface area contributed by atoms with Crippen molar-refractivity contribution in [1.82, 2.24) is 0 Å². The maximum absolute atomic E-state index is 11.0. The van der Waals surface area contributed by atoms with Crippen LogP contribution < -0.4 is 4.90 Å². The minimum absolute atomic E-state index is 0.0348. The predicted molar refractivity (Wildman–Crippen MR) is 90.2 cm³/mol. The maximum atomic E-state index is 11.0. The van der Waals surface area contributed by atoms with Crippen LogP contribution in [0.4, 0.5) is 5.69 Å². The molecular weight excluding hydrogens is 374 g/mol. The second-order valence-corrected chi connectivity index (χ2v) is 8.17. The summed E-state index contributed by atoms with van der Waals surface area (Å²) in [5.41, 5.74) is 2.97. The van der Waals surface area contributed by atoms with Gasteiger partial charge in [-0.2, -0.15) is 16.8 Å². The molecule has 0 aromatic heterocycles. The summed E-state index contributed by atoms with van der Waals surface area (Å²) in [6, 6.07) is 5.93. The number of aryl methyl sites for hydroxylation is 2. The quantitative estimate of drug-likeness (QED) is 0.653. The van der Waals surface area contributed by atoms with Gasteiger partial charge < -0.3 is 4.90 Å². The molecule has 9 nitrogen and oxygen atoms in total. The van der Waals surface area contributed by atoms with Crippen LogP contribution in [-0.2, 0) is 35.6 Å². The molecule has 0 saturated carbocycles. The van der Waals surface area contributed by atoms with Gasteiger partial charge in [0.2, 0.25) is 0 Å². The summed E-state index contributed by atoms with van der Waals surface area (Å²) < 4.78 is 69.9. The first kappa shape index (κ1) is 20.1. The lowest BCUT2D eigenvalue weighted by Gasteiger charge is -2.39. The zero-order valence-electron chi connectivity index (χ0n) is 13.8. The number of benzene rings is 1. The van der Waals surface area contributed by atoms with Gasteiger partial charge in [0.15, 0.2) is 0 Å². The molecule has 2 atom stereocenters. The second kappa shape index (κ2) is 7.56. The number of nitrogens with zero attached hydrogens (tertiary/aromatic N) is 1. The van der Waals surface area contributed by atoms with Crippen LogP contribution in [0.2, 0.25) is 0 Å². The summed E-state index contributed by atoms with van der Waals surface area (Å²) in [5.74, 6) is 0. The fraction of sp³-hybridized carbons (Fsp3) is 0.571. The van der Waals surface area contributed by atoms with E-state index in [1.54, 1.807) is 0 Å². The third kappa shape index (κ3) is 6.20. The van der Waals surface area contributed by atoms with Gasteiger partial charge in [-0.05, 0) is 43.9 Å². The number of fused-ring (bicyclic) bond motifs is 1.